The molecule has 3 N–H and O–H groups in total. The number of nitrogens with zero attached hydrogens (tertiary/aromatic N) is 1. The largest absolute Gasteiger partial charge is 0.391 e. The van der Waals surface area contributed by atoms with E-state index < -0.39 is 18.0 Å². The third-order valence-electron chi connectivity index (χ3n) is 2.01. The maximum atomic E-state index is 12.9. The van der Waals surface area contributed by atoms with Crippen molar-refractivity contribution < 1.29 is 9.50 Å². The van der Waals surface area contributed by atoms with Crippen LogP contribution in [-0.4, -0.2) is 11.2 Å². The molecule has 0 radical (unpaired) electrons. The number of hydrogen-bond acceptors (Lipinski definition) is 3. The van der Waals surface area contributed by atoms with Gasteiger partial charge in [0, 0.05) is 0 Å². The minimum Gasteiger partial charge on any atom is -0.391 e. The van der Waals surface area contributed by atoms with Gasteiger partial charge in [0.15, 0.2) is 0 Å². The van der Waals surface area contributed by atoms with Crippen LogP contribution in [0.2, 0.25) is 0 Å². The van der Waals surface area contributed by atoms with Crippen LogP contribution in [0.5, 0.6) is 0 Å². The first-order valence-electron chi connectivity index (χ1n) is 4.19. The molecule has 1 rings (SSSR count). The summed E-state index contributed by atoms with van der Waals surface area (Å²) in [5, 5.41) is 18.0. The lowest BCUT2D eigenvalue weighted by Crippen LogP contribution is -2.24. The fraction of sp³-hybridized carbons (Fsp3) is 0.300. The maximum absolute atomic E-state index is 12.9. The SMILES string of the molecule is C[C@@H](O)[C@@H](N)c1cc(F)ccc1C#N. The number of benzene rings is 1. The Morgan fingerprint density at radius 3 is 2.71 bits per heavy atom. The highest BCUT2D eigenvalue weighted by atomic mass is 19.1. The topological polar surface area (TPSA) is 70.0 Å². The number of aliphatic hydroxyl groups is 1. The molecule has 0 fully saturated rings. The molecule has 0 saturated heterocycles. The molecule has 2 atom stereocenters. The summed E-state index contributed by atoms with van der Waals surface area (Å²) in [6.07, 6.45) is -0.816. The Bertz CT molecular complexity index is 371. The van der Waals surface area contributed by atoms with Gasteiger partial charge in [-0.05, 0) is 30.7 Å². The quantitative estimate of drug-likeness (QED) is 0.740. The van der Waals surface area contributed by atoms with Gasteiger partial charge in [0.25, 0.3) is 0 Å². The lowest BCUT2D eigenvalue weighted by Gasteiger charge is -2.16. The maximum Gasteiger partial charge on any atom is 0.123 e. The number of nitrogens with two attached hydrogens (primary N) is 1. The third kappa shape index (κ3) is 2.08. The van der Waals surface area contributed by atoms with E-state index in [0.29, 0.717) is 11.1 Å². The van der Waals surface area contributed by atoms with Crippen molar-refractivity contribution in [3.63, 3.8) is 0 Å². The fourth-order valence-corrected chi connectivity index (χ4v) is 1.17. The van der Waals surface area contributed by atoms with Crippen LogP contribution in [0.1, 0.15) is 24.1 Å². The molecule has 0 aliphatic heterocycles. The number of nitriles is 1. The molecular formula is C10H11FN2O. The van der Waals surface area contributed by atoms with Crippen LogP contribution >= 0.6 is 0 Å². The summed E-state index contributed by atoms with van der Waals surface area (Å²) in [7, 11) is 0. The van der Waals surface area contributed by atoms with Gasteiger partial charge in [-0.25, -0.2) is 4.39 Å². The Balaban J connectivity index is 3.18. The smallest absolute Gasteiger partial charge is 0.123 e. The molecule has 0 spiro atoms. The lowest BCUT2D eigenvalue weighted by molar-refractivity contribution is 0.164. The van der Waals surface area contributed by atoms with Crippen molar-refractivity contribution in [3.05, 3.63) is 35.1 Å². The first-order chi connectivity index (χ1) is 6.56. The molecule has 4 heteroatoms. The molecule has 0 amide bonds. The Kier molecular flexibility index (Phi) is 3.18. The molecule has 0 aliphatic rings. The Hall–Kier alpha value is -1.44. The van der Waals surface area contributed by atoms with Crippen molar-refractivity contribution in [2.24, 2.45) is 5.73 Å². The molecule has 3 nitrogen and oxygen atoms in total. The summed E-state index contributed by atoms with van der Waals surface area (Å²) in [4.78, 5) is 0. The van der Waals surface area contributed by atoms with Crippen LogP contribution in [0.4, 0.5) is 4.39 Å². The first-order valence-corrected chi connectivity index (χ1v) is 4.19. The summed E-state index contributed by atoms with van der Waals surface area (Å²) in [5.41, 5.74) is 6.24. The van der Waals surface area contributed by atoms with E-state index in [4.69, 9.17) is 11.0 Å². The molecule has 0 bridgehead atoms. The van der Waals surface area contributed by atoms with Crippen LogP contribution in [0.15, 0.2) is 18.2 Å². The fourth-order valence-electron chi connectivity index (χ4n) is 1.17. The van der Waals surface area contributed by atoms with E-state index in [-0.39, 0.29) is 0 Å². The summed E-state index contributed by atoms with van der Waals surface area (Å²) < 4.78 is 12.9. The van der Waals surface area contributed by atoms with E-state index in [0.717, 1.165) is 0 Å². The Labute approximate surface area is 81.6 Å². The molecule has 74 valence electrons. The summed E-state index contributed by atoms with van der Waals surface area (Å²) >= 11 is 0. The predicted molar refractivity (Wildman–Crippen MR) is 49.7 cm³/mol. The van der Waals surface area contributed by atoms with E-state index in [9.17, 15) is 9.50 Å². The zero-order chi connectivity index (χ0) is 10.7. The van der Waals surface area contributed by atoms with Gasteiger partial charge in [-0.2, -0.15) is 5.26 Å². The lowest BCUT2D eigenvalue weighted by atomic mass is 9.98. The van der Waals surface area contributed by atoms with Gasteiger partial charge in [-0.3, -0.25) is 0 Å². The second-order valence-electron chi connectivity index (χ2n) is 3.11. The molecule has 0 aliphatic carbocycles. The van der Waals surface area contributed by atoms with Gasteiger partial charge < -0.3 is 10.8 Å². The van der Waals surface area contributed by atoms with Crippen molar-refractivity contribution in [2.75, 3.05) is 0 Å². The van der Waals surface area contributed by atoms with Crippen molar-refractivity contribution in [1.29, 1.82) is 5.26 Å². The van der Waals surface area contributed by atoms with Crippen LogP contribution in [0.3, 0.4) is 0 Å². The number of hydrogen-bond donors (Lipinski definition) is 2. The Morgan fingerprint density at radius 1 is 1.57 bits per heavy atom. The normalized spacial score (nSPS) is 14.5. The molecule has 1 aromatic carbocycles. The monoisotopic (exact) mass is 194 g/mol. The van der Waals surface area contributed by atoms with Crippen molar-refractivity contribution >= 4 is 0 Å². The van der Waals surface area contributed by atoms with Gasteiger partial charge in [0.1, 0.15) is 5.82 Å². The Morgan fingerprint density at radius 2 is 2.21 bits per heavy atom. The highest BCUT2D eigenvalue weighted by molar-refractivity contribution is 5.40. The third-order valence-corrected chi connectivity index (χ3v) is 2.01. The molecule has 0 aromatic heterocycles. The molecule has 0 unspecified atom stereocenters. The van der Waals surface area contributed by atoms with Crippen molar-refractivity contribution in [3.8, 4) is 6.07 Å². The minimum atomic E-state index is -0.816. The second kappa shape index (κ2) is 4.18. The zero-order valence-electron chi connectivity index (χ0n) is 7.74. The van der Waals surface area contributed by atoms with Crippen molar-refractivity contribution in [2.45, 2.75) is 19.1 Å². The average molecular weight is 194 g/mol. The molecule has 0 saturated carbocycles. The highest BCUT2D eigenvalue weighted by Gasteiger charge is 2.16. The van der Waals surface area contributed by atoms with Gasteiger partial charge >= 0.3 is 0 Å². The van der Waals surface area contributed by atoms with Crippen LogP contribution < -0.4 is 5.73 Å². The van der Waals surface area contributed by atoms with Gasteiger partial charge in [0.05, 0.1) is 23.8 Å². The van der Waals surface area contributed by atoms with Gasteiger partial charge in [0.2, 0.25) is 0 Å². The number of aliphatic hydroxyl groups excluding tert-OH is 1. The molecule has 1 aromatic rings. The summed E-state index contributed by atoms with van der Waals surface area (Å²) in [6.45, 7) is 1.50. The van der Waals surface area contributed by atoms with Crippen LogP contribution in [-0.2, 0) is 0 Å². The molecular weight excluding hydrogens is 183 g/mol. The van der Waals surface area contributed by atoms with Gasteiger partial charge in [-0.15, -0.1) is 0 Å². The number of halogens is 1. The summed E-state index contributed by atoms with van der Waals surface area (Å²) in [5.74, 6) is -0.463. The predicted octanol–water partition coefficient (Wildman–Crippen LogP) is 1.08. The van der Waals surface area contributed by atoms with E-state index in [1.54, 1.807) is 0 Å². The van der Waals surface area contributed by atoms with E-state index >= 15 is 0 Å². The second-order valence-corrected chi connectivity index (χ2v) is 3.11. The van der Waals surface area contributed by atoms with Crippen LogP contribution in [0.25, 0.3) is 0 Å². The highest BCUT2D eigenvalue weighted by Crippen LogP contribution is 2.19. The van der Waals surface area contributed by atoms with E-state index in [1.807, 2.05) is 6.07 Å². The zero-order valence-corrected chi connectivity index (χ0v) is 7.74. The summed E-state index contributed by atoms with van der Waals surface area (Å²) in [6, 6.07) is 4.89. The molecule has 0 heterocycles. The minimum absolute atomic E-state index is 0.291. The van der Waals surface area contributed by atoms with Crippen molar-refractivity contribution in [1.82, 2.24) is 0 Å². The van der Waals surface area contributed by atoms with E-state index in [2.05, 4.69) is 0 Å². The van der Waals surface area contributed by atoms with Crippen LogP contribution in [0, 0.1) is 17.1 Å². The van der Waals surface area contributed by atoms with E-state index in [1.165, 1.54) is 25.1 Å². The standard InChI is InChI=1S/C10H11FN2O/c1-6(14)10(13)9-4-8(11)3-2-7(9)5-12/h2-4,6,10,14H,13H2,1H3/t6-,10-/m1/s1. The molecule has 14 heavy (non-hydrogen) atoms. The first kappa shape index (κ1) is 10.6. The van der Waals surface area contributed by atoms with Gasteiger partial charge in [-0.1, -0.05) is 0 Å². The average Bonchev–Trinajstić information content (AvgIpc) is 2.16. The number of rotatable bonds is 2.